The molecule has 6 nitrogen and oxygen atoms in total. The molecule has 1 aliphatic heterocycles. The van der Waals surface area contributed by atoms with E-state index in [9.17, 15) is 13.2 Å². The molecule has 1 aromatic carbocycles. The molecule has 1 saturated heterocycles. The Balaban J connectivity index is 1.87. The zero-order valence-electron chi connectivity index (χ0n) is 17.1. The highest BCUT2D eigenvalue weighted by molar-refractivity contribution is 5.93. The Morgan fingerprint density at radius 2 is 2.14 bits per heavy atom. The van der Waals surface area contributed by atoms with E-state index in [0.717, 1.165) is 24.3 Å². The number of hydrogen-bond acceptors (Lipinski definition) is 4. The number of ether oxygens (including phenoxy) is 2. The largest absolute Gasteiger partial charge is 0.493 e. The molecule has 0 aromatic heterocycles. The standard InChI is InChI=1S/C20H31F3N4O2/c1-3-24-19(25-13-16-8-9-27(14-16)15-20(21,22)23)26-17-6-4-7-18(12-17)29-11-5-10-28-2/h4,6-7,12,16H,3,5,8-11,13-15H2,1-2H3,(H2,24,25,26). The summed E-state index contributed by atoms with van der Waals surface area (Å²) in [6.45, 7) is 4.40. The second-order valence-corrected chi connectivity index (χ2v) is 7.07. The van der Waals surface area contributed by atoms with Gasteiger partial charge in [0.05, 0.1) is 13.2 Å². The fraction of sp³-hybridized carbons (Fsp3) is 0.650. The maximum atomic E-state index is 12.5. The van der Waals surface area contributed by atoms with Crippen LogP contribution in [0.15, 0.2) is 29.3 Å². The van der Waals surface area contributed by atoms with E-state index in [4.69, 9.17) is 9.47 Å². The lowest BCUT2D eigenvalue weighted by Gasteiger charge is -2.17. The van der Waals surface area contributed by atoms with Gasteiger partial charge in [0.2, 0.25) is 0 Å². The van der Waals surface area contributed by atoms with Gasteiger partial charge in [0.1, 0.15) is 5.75 Å². The molecule has 1 aromatic rings. The summed E-state index contributed by atoms with van der Waals surface area (Å²) in [4.78, 5) is 6.02. The van der Waals surface area contributed by atoms with Crippen LogP contribution in [0.3, 0.4) is 0 Å². The second kappa shape index (κ2) is 11.9. The van der Waals surface area contributed by atoms with Crippen molar-refractivity contribution in [3.05, 3.63) is 24.3 Å². The van der Waals surface area contributed by atoms with Crippen molar-refractivity contribution in [3.8, 4) is 5.75 Å². The van der Waals surface area contributed by atoms with Crippen molar-refractivity contribution >= 4 is 11.6 Å². The summed E-state index contributed by atoms with van der Waals surface area (Å²) in [6, 6.07) is 7.58. The van der Waals surface area contributed by atoms with Crippen molar-refractivity contribution in [1.29, 1.82) is 0 Å². The first-order chi connectivity index (χ1) is 13.9. The normalized spacial score (nSPS) is 18.1. The summed E-state index contributed by atoms with van der Waals surface area (Å²) in [5, 5.41) is 6.41. The highest BCUT2D eigenvalue weighted by atomic mass is 19.4. The molecule has 1 aliphatic rings. The van der Waals surface area contributed by atoms with Crippen LogP contribution in [0.4, 0.5) is 18.9 Å². The van der Waals surface area contributed by atoms with Crippen LogP contribution in [0, 0.1) is 5.92 Å². The fourth-order valence-electron chi connectivity index (χ4n) is 3.18. The molecule has 1 fully saturated rings. The average Bonchev–Trinajstić information content (AvgIpc) is 3.09. The predicted molar refractivity (Wildman–Crippen MR) is 109 cm³/mol. The third-order valence-corrected chi connectivity index (χ3v) is 4.48. The van der Waals surface area contributed by atoms with Crippen molar-refractivity contribution < 1.29 is 22.6 Å². The van der Waals surface area contributed by atoms with Gasteiger partial charge in [-0.3, -0.25) is 9.89 Å². The highest BCUT2D eigenvalue weighted by Crippen LogP contribution is 2.23. The Bertz CT molecular complexity index is 640. The summed E-state index contributed by atoms with van der Waals surface area (Å²) < 4.78 is 48.3. The number of methoxy groups -OCH3 is 1. The zero-order chi connectivity index (χ0) is 21.1. The molecule has 9 heteroatoms. The topological polar surface area (TPSA) is 58.1 Å². The number of hydrogen-bond donors (Lipinski definition) is 2. The van der Waals surface area contributed by atoms with Crippen LogP contribution in [-0.4, -0.2) is 70.1 Å². The summed E-state index contributed by atoms with van der Waals surface area (Å²) in [7, 11) is 1.66. The van der Waals surface area contributed by atoms with Gasteiger partial charge in [-0.2, -0.15) is 13.2 Å². The Hall–Kier alpha value is -2.00. The van der Waals surface area contributed by atoms with Gasteiger partial charge in [0.25, 0.3) is 0 Å². The van der Waals surface area contributed by atoms with Crippen LogP contribution < -0.4 is 15.4 Å². The van der Waals surface area contributed by atoms with Crippen molar-refractivity contribution in [2.75, 3.05) is 58.4 Å². The molecule has 1 atom stereocenters. The molecule has 0 radical (unpaired) electrons. The third-order valence-electron chi connectivity index (χ3n) is 4.48. The minimum Gasteiger partial charge on any atom is -0.493 e. The molecule has 0 bridgehead atoms. The van der Waals surface area contributed by atoms with Gasteiger partial charge in [0, 0.05) is 51.5 Å². The van der Waals surface area contributed by atoms with Gasteiger partial charge in [-0.15, -0.1) is 0 Å². The number of likely N-dealkylation sites (tertiary alicyclic amines) is 1. The number of rotatable bonds is 10. The predicted octanol–water partition coefficient (Wildman–Crippen LogP) is 3.36. The van der Waals surface area contributed by atoms with E-state index in [-0.39, 0.29) is 5.92 Å². The highest BCUT2D eigenvalue weighted by Gasteiger charge is 2.34. The minimum absolute atomic E-state index is 0.128. The first kappa shape index (κ1) is 23.3. The van der Waals surface area contributed by atoms with Crippen LogP contribution in [0.5, 0.6) is 5.75 Å². The lowest BCUT2D eigenvalue weighted by Crippen LogP contribution is -2.33. The molecule has 0 saturated carbocycles. The van der Waals surface area contributed by atoms with Crippen LogP contribution in [-0.2, 0) is 4.74 Å². The summed E-state index contributed by atoms with van der Waals surface area (Å²) in [5.74, 6) is 1.49. The van der Waals surface area contributed by atoms with Crippen molar-refractivity contribution in [1.82, 2.24) is 10.2 Å². The zero-order valence-corrected chi connectivity index (χ0v) is 17.1. The number of aliphatic imine (C=N–C) groups is 1. The summed E-state index contributed by atoms with van der Waals surface area (Å²) in [5.41, 5.74) is 0.832. The first-order valence-corrected chi connectivity index (χ1v) is 9.96. The van der Waals surface area contributed by atoms with Crippen LogP contribution in [0.1, 0.15) is 19.8 Å². The van der Waals surface area contributed by atoms with E-state index in [0.29, 0.717) is 45.4 Å². The lowest BCUT2D eigenvalue weighted by molar-refractivity contribution is -0.143. The molecule has 0 aliphatic carbocycles. The number of alkyl halides is 3. The number of nitrogens with zero attached hydrogens (tertiary/aromatic N) is 2. The van der Waals surface area contributed by atoms with Gasteiger partial charge in [0.15, 0.2) is 5.96 Å². The quantitative estimate of drug-likeness (QED) is 0.348. The van der Waals surface area contributed by atoms with Crippen LogP contribution in [0.25, 0.3) is 0 Å². The molecule has 0 spiro atoms. The number of nitrogens with one attached hydrogen (secondary N) is 2. The Morgan fingerprint density at radius 1 is 1.31 bits per heavy atom. The Morgan fingerprint density at radius 3 is 2.86 bits per heavy atom. The molecular weight excluding hydrogens is 385 g/mol. The maximum absolute atomic E-state index is 12.5. The molecule has 164 valence electrons. The number of halogens is 3. The molecule has 2 N–H and O–H groups in total. The van der Waals surface area contributed by atoms with Gasteiger partial charge in [-0.25, -0.2) is 0 Å². The molecule has 1 unspecified atom stereocenters. The van der Waals surface area contributed by atoms with Gasteiger partial charge in [-0.05, 0) is 37.9 Å². The van der Waals surface area contributed by atoms with Crippen molar-refractivity contribution in [3.63, 3.8) is 0 Å². The number of anilines is 1. The van der Waals surface area contributed by atoms with E-state index >= 15 is 0 Å². The Labute approximate surface area is 170 Å². The second-order valence-electron chi connectivity index (χ2n) is 7.07. The van der Waals surface area contributed by atoms with E-state index < -0.39 is 12.7 Å². The summed E-state index contributed by atoms with van der Waals surface area (Å²) in [6.07, 6.45) is -2.61. The SMILES string of the molecule is CCNC(=NCC1CCN(CC(F)(F)F)C1)Nc1cccc(OCCCOC)c1. The van der Waals surface area contributed by atoms with Crippen LogP contribution in [0.2, 0.25) is 0 Å². The first-order valence-electron chi connectivity index (χ1n) is 9.96. The molecule has 0 amide bonds. The Kier molecular flexibility index (Phi) is 9.53. The van der Waals surface area contributed by atoms with E-state index in [1.807, 2.05) is 31.2 Å². The third kappa shape index (κ3) is 9.36. The maximum Gasteiger partial charge on any atom is 0.401 e. The average molecular weight is 416 g/mol. The smallest absolute Gasteiger partial charge is 0.401 e. The monoisotopic (exact) mass is 416 g/mol. The van der Waals surface area contributed by atoms with E-state index in [1.165, 1.54) is 4.90 Å². The molecule has 2 rings (SSSR count). The number of benzene rings is 1. The van der Waals surface area contributed by atoms with Gasteiger partial charge in [-0.1, -0.05) is 6.07 Å². The van der Waals surface area contributed by atoms with E-state index in [2.05, 4.69) is 15.6 Å². The fourth-order valence-corrected chi connectivity index (χ4v) is 3.18. The summed E-state index contributed by atoms with van der Waals surface area (Å²) >= 11 is 0. The number of guanidine groups is 1. The molecular formula is C20H31F3N4O2. The van der Waals surface area contributed by atoms with E-state index in [1.54, 1.807) is 7.11 Å². The molecule has 1 heterocycles. The van der Waals surface area contributed by atoms with Crippen molar-refractivity contribution in [2.24, 2.45) is 10.9 Å². The lowest BCUT2D eigenvalue weighted by atomic mass is 10.1. The minimum atomic E-state index is -4.15. The molecule has 29 heavy (non-hydrogen) atoms. The van der Waals surface area contributed by atoms with Gasteiger partial charge >= 0.3 is 6.18 Å². The van der Waals surface area contributed by atoms with Gasteiger partial charge < -0.3 is 20.1 Å². The van der Waals surface area contributed by atoms with Crippen molar-refractivity contribution in [2.45, 2.75) is 25.9 Å². The van der Waals surface area contributed by atoms with Crippen LogP contribution >= 0.6 is 0 Å².